The minimum absolute atomic E-state index is 0.948. The van der Waals surface area contributed by atoms with E-state index in [-0.39, 0.29) is 0 Å². The van der Waals surface area contributed by atoms with Crippen molar-refractivity contribution in [2.45, 2.75) is 45.4 Å². The highest BCUT2D eigenvalue weighted by Gasteiger charge is 2.61. The Balaban J connectivity index is 1.40. The van der Waals surface area contributed by atoms with Gasteiger partial charge >= 0.3 is 0 Å². The van der Waals surface area contributed by atoms with Crippen LogP contribution in [0.5, 0.6) is 0 Å². The van der Waals surface area contributed by atoms with Gasteiger partial charge in [0.25, 0.3) is 0 Å². The normalized spacial score (nSPS) is 52.4. The molecule has 7 unspecified atom stereocenters. The fraction of sp³-hybridized carbons (Fsp3) is 0.882. The third kappa shape index (κ3) is 1.52. The van der Waals surface area contributed by atoms with E-state index in [0.717, 1.165) is 42.1 Å². The number of rotatable bonds is 4. The van der Waals surface area contributed by atoms with Crippen LogP contribution in [-0.4, -0.2) is 6.61 Å². The van der Waals surface area contributed by atoms with Crippen molar-refractivity contribution in [3.05, 3.63) is 12.3 Å². The number of hydrogen-bond donors (Lipinski definition) is 0. The summed E-state index contributed by atoms with van der Waals surface area (Å²) < 4.78 is 5.55. The van der Waals surface area contributed by atoms with Crippen LogP contribution in [0.3, 0.4) is 0 Å². The van der Waals surface area contributed by atoms with Gasteiger partial charge in [0.15, 0.2) is 0 Å². The quantitative estimate of drug-likeness (QED) is 0.409. The molecule has 4 rings (SSSR count). The van der Waals surface area contributed by atoms with Crippen molar-refractivity contribution >= 4 is 0 Å². The second-order valence-electron chi connectivity index (χ2n) is 7.27. The smallest absolute Gasteiger partial charge is 0.0875 e. The summed E-state index contributed by atoms with van der Waals surface area (Å²) in [4.78, 5) is 0. The van der Waals surface area contributed by atoms with Gasteiger partial charge in [0.05, 0.1) is 12.9 Å². The lowest BCUT2D eigenvalue weighted by atomic mass is 9.67. The number of fused-ring (bicyclic) bond motifs is 9. The van der Waals surface area contributed by atoms with Crippen LogP contribution in [0.1, 0.15) is 45.4 Å². The van der Waals surface area contributed by atoms with E-state index in [0.29, 0.717) is 0 Å². The van der Waals surface area contributed by atoms with Crippen LogP contribution in [0, 0.1) is 41.4 Å². The largest absolute Gasteiger partial charge is 0.502 e. The molecule has 4 bridgehead atoms. The molecule has 0 aromatic rings. The maximum atomic E-state index is 5.55. The lowest BCUT2D eigenvalue weighted by Crippen LogP contribution is -2.32. The summed E-state index contributed by atoms with van der Waals surface area (Å²) in [5.74, 6) is 7.80. The third-order valence-electron chi connectivity index (χ3n) is 6.71. The first-order valence-electron chi connectivity index (χ1n) is 8.11. The molecule has 0 saturated heterocycles. The van der Waals surface area contributed by atoms with Crippen molar-refractivity contribution in [2.24, 2.45) is 41.4 Å². The van der Waals surface area contributed by atoms with E-state index in [1.807, 2.05) is 19.3 Å². The highest BCUT2D eigenvalue weighted by atomic mass is 16.5. The number of ether oxygens (including phenoxy) is 1. The molecule has 0 aliphatic heterocycles. The first-order valence-corrected chi connectivity index (χ1v) is 8.11. The Bertz CT molecular complexity index is 348. The minimum atomic E-state index is 0.948. The van der Waals surface area contributed by atoms with Gasteiger partial charge in [-0.05, 0) is 86.9 Å². The number of hydrogen-bond acceptors (Lipinski definition) is 1. The first-order chi connectivity index (χ1) is 8.88. The van der Waals surface area contributed by atoms with Gasteiger partial charge in [-0.3, -0.25) is 0 Å². The van der Waals surface area contributed by atoms with Gasteiger partial charge in [0, 0.05) is 0 Å². The molecule has 1 heteroatoms. The highest BCUT2D eigenvalue weighted by molar-refractivity contribution is 5.10. The maximum Gasteiger partial charge on any atom is 0.0875 e. The van der Waals surface area contributed by atoms with E-state index in [4.69, 9.17) is 4.74 Å². The topological polar surface area (TPSA) is 9.23 Å². The summed E-state index contributed by atoms with van der Waals surface area (Å²) in [5.41, 5.74) is 0. The molecule has 0 spiro atoms. The Morgan fingerprint density at radius 3 is 2.67 bits per heavy atom. The fourth-order valence-corrected chi connectivity index (χ4v) is 6.42. The predicted octanol–water partition coefficient (Wildman–Crippen LogP) is 4.25. The van der Waals surface area contributed by atoms with Crippen LogP contribution >= 0.6 is 0 Å². The van der Waals surface area contributed by atoms with E-state index >= 15 is 0 Å². The Labute approximate surface area is 111 Å². The Hall–Kier alpha value is -0.460. The average Bonchev–Trinajstić information content (AvgIpc) is 3.10. The van der Waals surface area contributed by atoms with Gasteiger partial charge in [-0.1, -0.05) is 6.08 Å². The molecule has 7 atom stereocenters. The zero-order valence-electron chi connectivity index (χ0n) is 11.6. The Morgan fingerprint density at radius 2 is 1.83 bits per heavy atom. The number of allylic oxidation sites excluding steroid dienone is 1. The SMILES string of the molecule is C/C=C/OCCC1CC2CC1C1C3CCC(C3)C21. The first kappa shape index (κ1) is 11.4. The Kier molecular flexibility index (Phi) is 2.71. The molecule has 4 saturated carbocycles. The molecule has 0 heterocycles. The van der Waals surface area contributed by atoms with Crippen molar-refractivity contribution in [1.29, 1.82) is 0 Å². The molecule has 18 heavy (non-hydrogen) atoms. The predicted molar refractivity (Wildman–Crippen MR) is 72.9 cm³/mol. The van der Waals surface area contributed by atoms with Gasteiger partial charge in [-0.25, -0.2) is 0 Å². The van der Waals surface area contributed by atoms with Crippen LogP contribution in [0.15, 0.2) is 12.3 Å². The van der Waals surface area contributed by atoms with E-state index in [2.05, 4.69) is 0 Å². The molecule has 1 nitrogen and oxygen atoms in total. The molecular weight excluding hydrogens is 220 g/mol. The molecule has 0 amide bonds. The van der Waals surface area contributed by atoms with Crippen LogP contribution in [0.25, 0.3) is 0 Å². The van der Waals surface area contributed by atoms with Crippen molar-refractivity contribution in [2.75, 3.05) is 6.61 Å². The van der Waals surface area contributed by atoms with E-state index in [9.17, 15) is 0 Å². The molecule has 4 aliphatic rings. The van der Waals surface area contributed by atoms with Crippen LogP contribution in [-0.2, 0) is 4.74 Å². The van der Waals surface area contributed by atoms with E-state index in [1.54, 1.807) is 25.7 Å². The van der Waals surface area contributed by atoms with Gasteiger partial charge in [-0.15, -0.1) is 0 Å². The van der Waals surface area contributed by atoms with Crippen LogP contribution in [0.2, 0.25) is 0 Å². The second kappa shape index (κ2) is 4.28. The summed E-state index contributed by atoms with van der Waals surface area (Å²) in [6, 6.07) is 0. The lowest BCUT2D eigenvalue weighted by Gasteiger charge is -2.38. The van der Waals surface area contributed by atoms with Crippen LogP contribution < -0.4 is 0 Å². The van der Waals surface area contributed by atoms with Crippen molar-refractivity contribution < 1.29 is 4.74 Å². The molecule has 0 N–H and O–H groups in total. The van der Waals surface area contributed by atoms with Gasteiger partial charge in [0.2, 0.25) is 0 Å². The Morgan fingerprint density at radius 1 is 1.00 bits per heavy atom. The summed E-state index contributed by atoms with van der Waals surface area (Å²) in [5, 5.41) is 0. The second-order valence-corrected chi connectivity index (χ2v) is 7.27. The zero-order valence-corrected chi connectivity index (χ0v) is 11.6. The van der Waals surface area contributed by atoms with Crippen molar-refractivity contribution in [3.63, 3.8) is 0 Å². The molecule has 100 valence electrons. The van der Waals surface area contributed by atoms with Crippen molar-refractivity contribution in [3.8, 4) is 0 Å². The summed E-state index contributed by atoms with van der Waals surface area (Å²) in [6.45, 7) is 2.97. The molecular formula is C17H26O. The average molecular weight is 246 g/mol. The zero-order chi connectivity index (χ0) is 12.1. The van der Waals surface area contributed by atoms with Crippen LogP contribution in [0.4, 0.5) is 0 Å². The third-order valence-corrected chi connectivity index (χ3v) is 6.71. The lowest BCUT2D eigenvalue weighted by molar-refractivity contribution is 0.0882. The van der Waals surface area contributed by atoms with Gasteiger partial charge in [-0.2, -0.15) is 0 Å². The molecule has 0 aromatic carbocycles. The summed E-state index contributed by atoms with van der Waals surface area (Å²) in [7, 11) is 0. The molecule has 4 aliphatic carbocycles. The summed E-state index contributed by atoms with van der Waals surface area (Å²) >= 11 is 0. The van der Waals surface area contributed by atoms with E-state index in [1.165, 1.54) is 18.8 Å². The van der Waals surface area contributed by atoms with E-state index < -0.39 is 0 Å². The standard InChI is InChI=1S/C17H26O/c1-2-6-18-7-5-11-8-14-10-15(11)17-13-4-3-12(9-13)16(14)17/h2,6,11-17H,3-5,7-10H2,1H3/b6-2+. The molecule has 0 radical (unpaired) electrons. The molecule has 4 fully saturated rings. The fourth-order valence-electron chi connectivity index (χ4n) is 6.42. The molecule has 0 aromatic heterocycles. The van der Waals surface area contributed by atoms with Crippen molar-refractivity contribution in [1.82, 2.24) is 0 Å². The highest BCUT2D eigenvalue weighted by Crippen LogP contribution is 2.69. The monoisotopic (exact) mass is 246 g/mol. The van der Waals surface area contributed by atoms with Gasteiger partial charge < -0.3 is 4.74 Å². The minimum Gasteiger partial charge on any atom is -0.502 e. The summed E-state index contributed by atoms with van der Waals surface area (Å²) in [6.07, 6.45) is 13.0. The maximum absolute atomic E-state index is 5.55. The van der Waals surface area contributed by atoms with Gasteiger partial charge in [0.1, 0.15) is 0 Å².